The van der Waals surface area contributed by atoms with E-state index in [2.05, 4.69) is 15.6 Å². The minimum Gasteiger partial charge on any atom is -0.324 e. The lowest BCUT2D eigenvalue weighted by Crippen LogP contribution is -2.23. The molecule has 27 heavy (non-hydrogen) atoms. The minimum atomic E-state index is -3.60. The van der Waals surface area contributed by atoms with Crippen LogP contribution in [0.4, 0.5) is 5.69 Å². The predicted molar refractivity (Wildman–Crippen MR) is 103 cm³/mol. The third-order valence-corrected chi connectivity index (χ3v) is 6.20. The van der Waals surface area contributed by atoms with Crippen LogP contribution in [0.2, 0.25) is 0 Å². The van der Waals surface area contributed by atoms with Gasteiger partial charge in [-0.2, -0.15) is 0 Å². The molecule has 142 valence electrons. The first-order valence-electron chi connectivity index (χ1n) is 8.32. The van der Waals surface area contributed by atoms with Gasteiger partial charge in [-0.3, -0.25) is 4.79 Å². The number of nitrogens with zero attached hydrogens (tertiary/aromatic N) is 4. The van der Waals surface area contributed by atoms with Crippen LogP contribution in [0.15, 0.2) is 41.3 Å². The van der Waals surface area contributed by atoms with Crippen LogP contribution in [0.5, 0.6) is 0 Å². The molecule has 1 amide bonds. The number of benzene rings is 2. The lowest BCUT2D eigenvalue weighted by atomic mass is 10.1. The molecule has 0 unspecified atom stereocenters. The third kappa shape index (κ3) is 3.69. The standard InChI is InChI=1S/C18H21N5O3S/c1-12-9-14(27(25,26)22(3)4)10-16(13(12)2)19-18(24)11-23-17-8-6-5-7-15(17)20-21-23/h5-10H,11H2,1-4H3,(H,19,24). The zero-order valence-corrected chi connectivity index (χ0v) is 16.4. The number of amides is 1. The number of sulfonamides is 1. The van der Waals surface area contributed by atoms with E-state index in [1.54, 1.807) is 6.07 Å². The highest BCUT2D eigenvalue weighted by Crippen LogP contribution is 2.25. The molecule has 0 aliphatic rings. The van der Waals surface area contributed by atoms with Gasteiger partial charge in [0.15, 0.2) is 0 Å². The van der Waals surface area contributed by atoms with E-state index in [9.17, 15) is 13.2 Å². The monoisotopic (exact) mass is 387 g/mol. The first-order chi connectivity index (χ1) is 12.7. The second-order valence-corrected chi connectivity index (χ2v) is 8.64. The lowest BCUT2D eigenvalue weighted by molar-refractivity contribution is -0.116. The quantitative estimate of drug-likeness (QED) is 0.722. The van der Waals surface area contributed by atoms with Crippen LogP contribution in [0.3, 0.4) is 0 Å². The number of hydrogen-bond acceptors (Lipinski definition) is 5. The normalized spacial score (nSPS) is 11.9. The molecular formula is C18H21N5O3S. The molecule has 3 aromatic rings. The zero-order chi connectivity index (χ0) is 19.8. The number of carbonyl (C=O) groups excluding carboxylic acids is 1. The Morgan fingerprint density at radius 1 is 1.19 bits per heavy atom. The van der Waals surface area contributed by atoms with Gasteiger partial charge >= 0.3 is 0 Å². The fraction of sp³-hybridized carbons (Fsp3) is 0.278. The highest BCUT2D eigenvalue weighted by Gasteiger charge is 2.20. The molecule has 0 fully saturated rings. The van der Waals surface area contributed by atoms with Gasteiger partial charge in [-0.15, -0.1) is 5.10 Å². The van der Waals surface area contributed by atoms with E-state index >= 15 is 0 Å². The summed E-state index contributed by atoms with van der Waals surface area (Å²) in [7, 11) is -0.657. The van der Waals surface area contributed by atoms with Crippen LogP contribution < -0.4 is 5.32 Å². The Morgan fingerprint density at radius 3 is 2.59 bits per heavy atom. The number of aryl methyl sites for hydroxylation is 1. The molecule has 0 aliphatic carbocycles. The summed E-state index contributed by atoms with van der Waals surface area (Å²) < 4.78 is 27.5. The van der Waals surface area contributed by atoms with E-state index < -0.39 is 10.0 Å². The molecule has 0 aliphatic heterocycles. The average molecular weight is 387 g/mol. The lowest BCUT2D eigenvalue weighted by Gasteiger charge is -2.16. The van der Waals surface area contributed by atoms with Gasteiger partial charge in [0.1, 0.15) is 12.1 Å². The highest BCUT2D eigenvalue weighted by molar-refractivity contribution is 7.89. The van der Waals surface area contributed by atoms with Crippen molar-refractivity contribution in [3.8, 4) is 0 Å². The van der Waals surface area contributed by atoms with E-state index in [-0.39, 0.29) is 17.3 Å². The Morgan fingerprint density at radius 2 is 1.89 bits per heavy atom. The number of anilines is 1. The van der Waals surface area contributed by atoms with E-state index in [1.165, 1.54) is 24.8 Å². The van der Waals surface area contributed by atoms with Gasteiger partial charge in [0.05, 0.1) is 10.4 Å². The molecule has 1 N–H and O–H groups in total. The van der Waals surface area contributed by atoms with Crippen LogP contribution >= 0.6 is 0 Å². The number of nitrogens with one attached hydrogen (secondary N) is 1. The molecule has 2 aromatic carbocycles. The van der Waals surface area contributed by atoms with Crippen molar-refractivity contribution in [3.63, 3.8) is 0 Å². The molecule has 3 rings (SSSR count). The maximum absolute atomic E-state index is 12.5. The summed E-state index contributed by atoms with van der Waals surface area (Å²) in [4.78, 5) is 12.7. The summed E-state index contributed by atoms with van der Waals surface area (Å²) in [6, 6.07) is 10.4. The SMILES string of the molecule is Cc1cc(S(=O)(=O)N(C)C)cc(NC(=O)Cn2nnc3ccccc32)c1C. The maximum Gasteiger partial charge on any atom is 0.246 e. The summed E-state index contributed by atoms with van der Waals surface area (Å²) in [6.07, 6.45) is 0. The van der Waals surface area contributed by atoms with E-state index in [0.29, 0.717) is 11.2 Å². The number of hydrogen-bond donors (Lipinski definition) is 1. The molecule has 1 aromatic heterocycles. The van der Waals surface area contributed by atoms with Crippen LogP contribution in [0.25, 0.3) is 11.0 Å². The average Bonchev–Trinajstić information content (AvgIpc) is 3.01. The van der Waals surface area contributed by atoms with Crippen LogP contribution in [-0.4, -0.2) is 47.7 Å². The van der Waals surface area contributed by atoms with Crippen molar-refractivity contribution in [3.05, 3.63) is 47.5 Å². The van der Waals surface area contributed by atoms with Gasteiger partial charge in [-0.25, -0.2) is 17.4 Å². The largest absolute Gasteiger partial charge is 0.324 e. The van der Waals surface area contributed by atoms with Gasteiger partial charge < -0.3 is 5.32 Å². The van der Waals surface area contributed by atoms with Gasteiger partial charge in [-0.1, -0.05) is 17.3 Å². The van der Waals surface area contributed by atoms with Crippen molar-refractivity contribution < 1.29 is 13.2 Å². The number of rotatable bonds is 5. The van der Waals surface area contributed by atoms with E-state index in [0.717, 1.165) is 20.9 Å². The summed E-state index contributed by atoms with van der Waals surface area (Å²) in [5, 5.41) is 10.8. The van der Waals surface area contributed by atoms with Crippen LogP contribution in [0.1, 0.15) is 11.1 Å². The molecule has 1 heterocycles. The van der Waals surface area contributed by atoms with Crippen molar-refractivity contribution in [1.82, 2.24) is 19.3 Å². The molecule has 9 heteroatoms. The van der Waals surface area contributed by atoms with Crippen molar-refractivity contribution >= 4 is 32.7 Å². The Balaban J connectivity index is 1.88. The van der Waals surface area contributed by atoms with Crippen LogP contribution in [0, 0.1) is 13.8 Å². The molecule has 0 bridgehead atoms. The fourth-order valence-electron chi connectivity index (χ4n) is 2.68. The van der Waals surface area contributed by atoms with Crippen molar-refractivity contribution in [2.45, 2.75) is 25.3 Å². The highest BCUT2D eigenvalue weighted by atomic mass is 32.2. The Kier molecular flexibility index (Phi) is 4.99. The summed E-state index contributed by atoms with van der Waals surface area (Å²) in [5.74, 6) is -0.312. The van der Waals surface area contributed by atoms with Crippen LogP contribution in [-0.2, 0) is 21.4 Å². The predicted octanol–water partition coefficient (Wildman–Crippen LogP) is 1.94. The minimum absolute atomic E-state index is 0.0241. The number of fused-ring (bicyclic) bond motifs is 1. The van der Waals surface area contributed by atoms with Gasteiger partial charge in [-0.05, 0) is 49.2 Å². The summed E-state index contributed by atoms with van der Waals surface area (Å²) in [5.41, 5.74) is 3.51. The molecular weight excluding hydrogens is 366 g/mol. The smallest absolute Gasteiger partial charge is 0.246 e. The van der Waals surface area contributed by atoms with E-state index in [4.69, 9.17) is 0 Å². The zero-order valence-electron chi connectivity index (χ0n) is 15.6. The third-order valence-electron chi connectivity index (χ3n) is 4.41. The van der Waals surface area contributed by atoms with E-state index in [1.807, 2.05) is 38.1 Å². The Hall–Kier alpha value is -2.78. The van der Waals surface area contributed by atoms with Gasteiger partial charge in [0, 0.05) is 19.8 Å². The Labute approximate surface area is 157 Å². The molecule has 0 radical (unpaired) electrons. The number of aromatic nitrogens is 3. The molecule has 0 saturated heterocycles. The summed E-state index contributed by atoms with van der Waals surface area (Å²) >= 11 is 0. The number of para-hydroxylation sites is 1. The second kappa shape index (κ2) is 7.09. The first-order valence-corrected chi connectivity index (χ1v) is 9.76. The maximum atomic E-state index is 12.5. The molecule has 8 nitrogen and oxygen atoms in total. The molecule has 0 saturated carbocycles. The Bertz CT molecular complexity index is 1120. The van der Waals surface area contributed by atoms with Crippen molar-refractivity contribution in [2.75, 3.05) is 19.4 Å². The fourth-order valence-corrected chi connectivity index (χ4v) is 3.69. The van der Waals surface area contributed by atoms with Crippen molar-refractivity contribution in [1.29, 1.82) is 0 Å². The molecule has 0 atom stereocenters. The second-order valence-electron chi connectivity index (χ2n) is 6.48. The number of carbonyl (C=O) groups is 1. The summed E-state index contributed by atoms with van der Waals surface area (Å²) in [6.45, 7) is 3.62. The topological polar surface area (TPSA) is 97.2 Å². The van der Waals surface area contributed by atoms with Crippen molar-refractivity contribution in [2.24, 2.45) is 0 Å². The van der Waals surface area contributed by atoms with Gasteiger partial charge in [0.2, 0.25) is 15.9 Å². The molecule has 0 spiro atoms. The first kappa shape index (κ1) is 19.0. The van der Waals surface area contributed by atoms with Gasteiger partial charge in [0.25, 0.3) is 0 Å².